The van der Waals surface area contributed by atoms with Gasteiger partial charge in [-0.3, -0.25) is 4.90 Å². The van der Waals surface area contributed by atoms with Crippen molar-refractivity contribution in [2.45, 2.75) is 25.8 Å². The van der Waals surface area contributed by atoms with E-state index in [0.717, 1.165) is 50.1 Å². The highest BCUT2D eigenvalue weighted by Crippen LogP contribution is 2.36. The Hall–Kier alpha value is -1.03. The second-order valence-electron chi connectivity index (χ2n) is 5.33. The van der Waals surface area contributed by atoms with Crippen molar-refractivity contribution >= 4 is 11.6 Å². The third-order valence-corrected chi connectivity index (χ3v) is 4.11. The first kappa shape index (κ1) is 15.4. The van der Waals surface area contributed by atoms with E-state index in [4.69, 9.17) is 11.6 Å². The molecule has 1 fully saturated rings. The van der Waals surface area contributed by atoms with Crippen LogP contribution in [0.1, 0.15) is 30.0 Å². The highest BCUT2D eigenvalue weighted by atomic mass is 35.5. The predicted molar refractivity (Wildman–Crippen MR) is 84.5 cm³/mol. The van der Waals surface area contributed by atoms with Crippen LogP contribution in [0.4, 0.5) is 0 Å². The molecule has 1 heterocycles. The Bertz CT molecular complexity index is 470. The number of phenolic OH excluding ortho intramolecular Hbond substituents is 1. The smallest absolute Gasteiger partial charge is 0.123 e. The van der Waals surface area contributed by atoms with E-state index in [1.54, 1.807) is 0 Å². The summed E-state index contributed by atoms with van der Waals surface area (Å²) in [5.74, 6) is 0.377. The number of nitrogens with zero attached hydrogens (tertiary/aromatic N) is 1. The highest BCUT2D eigenvalue weighted by Gasteiger charge is 2.24. The molecule has 1 aromatic rings. The van der Waals surface area contributed by atoms with Gasteiger partial charge in [-0.05, 0) is 37.5 Å². The first-order chi connectivity index (χ1) is 9.63. The van der Waals surface area contributed by atoms with Crippen molar-refractivity contribution in [3.63, 3.8) is 0 Å². The van der Waals surface area contributed by atoms with Gasteiger partial charge >= 0.3 is 0 Å². The summed E-state index contributed by atoms with van der Waals surface area (Å²) in [6.45, 7) is 9.67. The summed E-state index contributed by atoms with van der Waals surface area (Å²) < 4.78 is 0. The van der Waals surface area contributed by atoms with Crippen LogP contribution in [0.3, 0.4) is 0 Å². The summed E-state index contributed by atoms with van der Waals surface area (Å²) in [6.07, 6.45) is 3.82. The van der Waals surface area contributed by atoms with Crippen LogP contribution in [0.15, 0.2) is 24.8 Å². The summed E-state index contributed by atoms with van der Waals surface area (Å²) in [4.78, 5) is 2.42. The normalized spacial score (nSPS) is 17.9. The molecular formula is C16H23ClN2O. The molecule has 1 aliphatic rings. The van der Waals surface area contributed by atoms with Crippen LogP contribution in [0.2, 0.25) is 5.02 Å². The zero-order valence-corrected chi connectivity index (χ0v) is 12.8. The van der Waals surface area contributed by atoms with Crippen molar-refractivity contribution in [1.29, 1.82) is 0 Å². The SMILES string of the molecule is C=CCC[C@@H](c1cc(Cl)cc(C)c1O)N1CCNCC1. The molecule has 1 aromatic carbocycles. The third-order valence-electron chi connectivity index (χ3n) is 3.89. The lowest BCUT2D eigenvalue weighted by molar-refractivity contribution is 0.163. The van der Waals surface area contributed by atoms with Crippen molar-refractivity contribution in [2.24, 2.45) is 0 Å². The van der Waals surface area contributed by atoms with Gasteiger partial charge in [0.1, 0.15) is 5.75 Å². The maximum Gasteiger partial charge on any atom is 0.123 e. The zero-order valence-electron chi connectivity index (χ0n) is 12.0. The Kier molecular flexibility index (Phi) is 5.46. The number of nitrogens with one attached hydrogen (secondary N) is 1. The van der Waals surface area contributed by atoms with Gasteiger partial charge in [-0.25, -0.2) is 0 Å². The van der Waals surface area contributed by atoms with Gasteiger partial charge in [0.15, 0.2) is 0 Å². The largest absolute Gasteiger partial charge is 0.507 e. The fraction of sp³-hybridized carbons (Fsp3) is 0.500. The first-order valence-electron chi connectivity index (χ1n) is 7.18. The van der Waals surface area contributed by atoms with Crippen LogP contribution in [-0.2, 0) is 0 Å². The van der Waals surface area contributed by atoms with E-state index in [1.165, 1.54) is 0 Å². The fourth-order valence-electron chi connectivity index (χ4n) is 2.82. The van der Waals surface area contributed by atoms with Crippen LogP contribution >= 0.6 is 11.6 Å². The van der Waals surface area contributed by atoms with Gasteiger partial charge in [0.2, 0.25) is 0 Å². The summed E-state index contributed by atoms with van der Waals surface area (Å²) >= 11 is 6.18. The Labute approximate surface area is 126 Å². The van der Waals surface area contributed by atoms with Crippen LogP contribution in [0.5, 0.6) is 5.75 Å². The molecule has 2 N–H and O–H groups in total. The number of hydrogen-bond acceptors (Lipinski definition) is 3. The highest BCUT2D eigenvalue weighted by molar-refractivity contribution is 6.30. The average molecular weight is 295 g/mol. The summed E-state index contributed by atoms with van der Waals surface area (Å²) in [5.41, 5.74) is 1.78. The number of allylic oxidation sites excluding steroid dienone is 1. The molecule has 0 aliphatic carbocycles. The van der Waals surface area contributed by atoms with E-state index in [-0.39, 0.29) is 6.04 Å². The molecule has 0 saturated carbocycles. The summed E-state index contributed by atoms with van der Waals surface area (Å²) in [6, 6.07) is 3.91. The van der Waals surface area contributed by atoms with Gasteiger partial charge in [-0.2, -0.15) is 0 Å². The van der Waals surface area contributed by atoms with Crippen molar-refractivity contribution in [3.05, 3.63) is 40.9 Å². The number of piperazine rings is 1. The molecular weight excluding hydrogens is 272 g/mol. The summed E-state index contributed by atoms with van der Waals surface area (Å²) in [7, 11) is 0. The molecule has 2 rings (SSSR count). The molecule has 0 radical (unpaired) electrons. The minimum Gasteiger partial charge on any atom is -0.507 e. The van der Waals surface area contributed by atoms with Gasteiger partial charge in [-0.1, -0.05) is 17.7 Å². The van der Waals surface area contributed by atoms with Crippen LogP contribution < -0.4 is 5.32 Å². The second kappa shape index (κ2) is 7.11. The number of benzene rings is 1. The monoisotopic (exact) mass is 294 g/mol. The molecule has 0 aromatic heterocycles. The van der Waals surface area contributed by atoms with Crippen molar-refractivity contribution in [3.8, 4) is 5.75 Å². The Morgan fingerprint density at radius 3 is 2.80 bits per heavy atom. The number of aryl methyl sites for hydroxylation is 1. The molecule has 110 valence electrons. The van der Waals surface area contributed by atoms with Crippen molar-refractivity contribution < 1.29 is 5.11 Å². The second-order valence-corrected chi connectivity index (χ2v) is 5.76. The molecule has 0 spiro atoms. The van der Waals surface area contributed by atoms with Gasteiger partial charge in [0.25, 0.3) is 0 Å². The van der Waals surface area contributed by atoms with Gasteiger partial charge < -0.3 is 10.4 Å². The Morgan fingerprint density at radius 2 is 2.15 bits per heavy atom. The van der Waals surface area contributed by atoms with E-state index in [9.17, 15) is 5.11 Å². The van der Waals surface area contributed by atoms with Gasteiger partial charge in [-0.15, -0.1) is 6.58 Å². The molecule has 1 atom stereocenters. The Morgan fingerprint density at radius 1 is 1.45 bits per heavy atom. The lowest BCUT2D eigenvalue weighted by Gasteiger charge is -2.35. The van der Waals surface area contributed by atoms with E-state index >= 15 is 0 Å². The van der Waals surface area contributed by atoms with Crippen LogP contribution in [-0.4, -0.2) is 36.2 Å². The maximum absolute atomic E-state index is 10.4. The maximum atomic E-state index is 10.4. The molecule has 20 heavy (non-hydrogen) atoms. The predicted octanol–water partition coefficient (Wildman–Crippen LogP) is 3.27. The number of hydrogen-bond donors (Lipinski definition) is 2. The van der Waals surface area contributed by atoms with E-state index in [0.29, 0.717) is 10.8 Å². The lowest BCUT2D eigenvalue weighted by atomic mass is 9.96. The number of rotatable bonds is 5. The Balaban J connectivity index is 2.31. The van der Waals surface area contributed by atoms with Gasteiger partial charge in [0, 0.05) is 42.8 Å². The number of phenols is 1. The van der Waals surface area contributed by atoms with E-state index < -0.39 is 0 Å². The van der Waals surface area contributed by atoms with Crippen molar-refractivity contribution in [2.75, 3.05) is 26.2 Å². The average Bonchev–Trinajstić information content (AvgIpc) is 2.45. The molecule has 4 heteroatoms. The number of aromatic hydroxyl groups is 1. The van der Waals surface area contributed by atoms with E-state index in [2.05, 4.69) is 16.8 Å². The minimum atomic E-state index is 0.201. The quantitative estimate of drug-likeness (QED) is 0.818. The van der Waals surface area contributed by atoms with Crippen LogP contribution in [0.25, 0.3) is 0 Å². The minimum absolute atomic E-state index is 0.201. The van der Waals surface area contributed by atoms with Crippen LogP contribution in [0, 0.1) is 6.92 Å². The number of halogens is 1. The standard InChI is InChI=1S/C16H23ClN2O/c1-3-4-5-15(19-8-6-18-7-9-19)14-11-13(17)10-12(2)16(14)20/h3,10-11,15,18,20H,1,4-9H2,2H3/t15-/m0/s1. The molecule has 1 aliphatic heterocycles. The van der Waals surface area contributed by atoms with E-state index in [1.807, 2.05) is 25.1 Å². The molecule has 0 bridgehead atoms. The molecule has 0 amide bonds. The third kappa shape index (κ3) is 3.54. The first-order valence-corrected chi connectivity index (χ1v) is 7.56. The lowest BCUT2D eigenvalue weighted by Crippen LogP contribution is -2.45. The molecule has 0 unspecified atom stereocenters. The van der Waals surface area contributed by atoms with Gasteiger partial charge in [0.05, 0.1) is 0 Å². The molecule has 3 nitrogen and oxygen atoms in total. The summed E-state index contributed by atoms with van der Waals surface area (Å²) in [5, 5.41) is 14.4. The van der Waals surface area contributed by atoms with Crippen molar-refractivity contribution in [1.82, 2.24) is 10.2 Å². The fourth-order valence-corrected chi connectivity index (χ4v) is 3.10. The topological polar surface area (TPSA) is 35.5 Å². The zero-order chi connectivity index (χ0) is 14.5. The molecule has 1 saturated heterocycles.